The third-order valence-electron chi connectivity index (χ3n) is 5.24. The van der Waals surface area contributed by atoms with Crippen molar-refractivity contribution in [1.82, 2.24) is 29.9 Å². The number of halogens is 1. The summed E-state index contributed by atoms with van der Waals surface area (Å²) in [5.41, 5.74) is 1.15. The summed E-state index contributed by atoms with van der Waals surface area (Å²) in [6.45, 7) is 6.55. The Balaban J connectivity index is 0.00000225. The molecule has 2 aliphatic heterocycles. The van der Waals surface area contributed by atoms with Gasteiger partial charge in [-0.15, -0.1) is 24.0 Å². The van der Waals surface area contributed by atoms with Gasteiger partial charge >= 0.3 is 0 Å². The topological polar surface area (TPSA) is 70.8 Å². The summed E-state index contributed by atoms with van der Waals surface area (Å²) in [5, 5.41) is 7.74. The van der Waals surface area contributed by atoms with Crippen molar-refractivity contribution in [3.8, 4) is 5.82 Å². The van der Waals surface area contributed by atoms with E-state index in [0.717, 1.165) is 56.7 Å². The Hall–Kier alpha value is -1.72. The normalized spacial score (nSPS) is 20.8. The molecule has 0 amide bonds. The van der Waals surface area contributed by atoms with Crippen LogP contribution in [0.15, 0.2) is 41.8 Å². The van der Waals surface area contributed by atoms with Crippen molar-refractivity contribution in [3.63, 3.8) is 0 Å². The summed E-state index contributed by atoms with van der Waals surface area (Å²) in [6, 6.07) is 6.56. The molecule has 2 fully saturated rings. The predicted octanol–water partition coefficient (Wildman–Crippen LogP) is 1.37. The van der Waals surface area contributed by atoms with Crippen molar-refractivity contribution < 1.29 is 4.74 Å². The van der Waals surface area contributed by atoms with Crippen LogP contribution in [0.1, 0.15) is 12.0 Å². The van der Waals surface area contributed by atoms with Gasteiger partial charge in [-0.25, -0.2) is 9.67 Å². The van der Waals surface area contributed by atoms with E-state index in [4.69, 9.17) is 4.74 Å². The number of nitrogens with one attached hydrogen (secondary N) is 1. The maximum atomic E-state index is 5.48. The molecule has 0 aliphatic carbocycles. The first kappa shape index (κ1) is 21.0. The third kappa shape index (κ3) is 5.00. The summed E-state index contributed by atoms with van der Waals surface area (Å²) in [6.07, 6.45) is 6.65. The Kier molecular flexibility index (Phi) is 7.63. The van der Waals surface area contributed by atoms with E-state index in [1.54, 1.807) is 10.9 Å². The molecule has 4 rings (SSSR count). The minimum Gasteiger partial charge on any atom is -0.379 e. The van der Waals surface area contributed by atoms with E-state index in [1.807, 2.05) is 37.6 Å². The lowest BCUT2D eigenvalue weighted by Gasteiger charge is -2.32. The molecule has 4 heterocycles. The predicted molar refractivity (Wildman–Crippen MR) is 119 cm³/mol. The zero-order valence-corrected chi connectivity index (χ0v) is 18.5. The lowest BCUT2D eigenvalue weighted by Crippen LogP contribution is -2.46. The number of likely N-dealkylation sites (tertiary alicyclic amines) is 1. The van der Waals surface area contributed by atoms with Crippen LogP contribution in [0.2, 0.25) is 0 Å². The van der Waals surface area contributed by atoms with Crippen LogP contribution in [0.4, 0.5) is 0 Å². The van der Waals surface area contributed by atoms with E-state index in [9.17, 15) is 0 Å². The average Bonchev–Trinajstić information content (AvgIpc) is 3.42. The van der Waals surface area contributed by atoms with Crippen LogP contribution in [-0.4, -0.2) is 83.0 Å². The maximum absolute atomic E-state index is 5.48. The highest BCUT2D eigenvalue weighted by Crippen LogP contribution is 2.17. The fourth-order valence-electron chi connectivity index (χ4n) is 3.79. The van der Waals surface area contributed by atoms with Crippen molar-refractivity contribution in [2.75, 3.05) is 46.4 Å². The zero-order chi connectivity index (χ0) is 18.5. The number of hydrogen-bond acceptors (Lipinski definition) is 5. The molecule has 0 radical (unpaired) electrons. The highest BCUT2D eigenvalue weighted by molar-refractivity contribution is 14.0. The summed E-state index contributed by atoms with van der Waals surface area (Å²) >= 11 is 0. The van der Waals surface area contributed by atoms with Gasteiger partial charge in [0.1, 0.15) is 0 Å². The molecule has 1 atom stereocenters. The van der Waals surface area contributed by atoms with Crippen LogP contribution in [0.5, 0.6) is 0 Å². The first-order valence-electron chi connectivity index (χ1n) is 9.56. The summed E-state index contributed by atoms with van der Waals surface area (Å²) in [7, 11) is 1.85. The van der Waals surface area contributed by atoms with Gasteiger partial charge in [-0.3, -0.25) is 9.89 Å². The number of pyridine rings is 1. The van der Waals surface area contributed by atoms with Crippen LogP contribution in [0.25, 0.3) is 5.82 Å². The molecule has 0 bridgehead atoms. The Labute approximate surface area is 183 Å². The van der Waals surface area contributed by atoms with Gasteiger partial charge in [-0.1, -0.05) is 0 Å². The number of guanidine groups is 1. The maximum Gasteiger partial charge on any atom is 0.193 e. The molecule has 2 aromatic rings. The minimum atomic E-state index is 0. The van der Waals surface area contributed by atoms with Crippen LogP contribution in [-0.2, 0) is 11.3 Å². The first-order chi connectivity index (χ1) is 13.3. The van der Waals surface area contributed by atoms with E-state index in [2.05, 4.69) is 30.2 Å². The van der Waals surface area contributed by atoms with E-state index in [1.165, 1.54) is 6.42 Å². The smallest absolute Gasteiger partial charge is 0.193 e. The highest BCUT2D eigenvalue weighted by atomic mass is 127. The lowest BCUT2D eigenvalue weighted by molar-refractivity contribution is 0.0195. The number of hydrogen-bond donors (Lipinski definition) is 1. The van der Waals surface area contributed by atoms with Crippen molar-refractivity contribution in [2.24, 2.45) is 4.99 Å². The van der Waals surface area contributed by atoms with Gasteiger partial charge in [-0.2, -0.15) is 5.10 Å². The van der Waals surface area contributed by atoms with E-state index < -0.39 is 0 Å². The quantitative estimate of drug-likeness (QED) is 0.391. The molecule has 0 saturated carbocycles. The molecule has 0 spiro atoms. The molecular formula is C19H28IN7O. The highest BCUT2D eigenvalue weighted by Gasteiger charge is 2.30. The molecule has 8 nitrogen and oxygen atoms in total. The second-order valence-corrected chi connectivity index (χ2v) is 6.91. The van der Waals surface area contributed by atoms with Gasteiger partial charge in [-0.05, 0) is 30.2 Å². The molecule has 0 aromatic carbocycles. The number of aliphatic imine (C=N–C) groups is 1. The molecule has 152 valence electrons. The van der Waals surface area contributed by atoms with Gasteiger partial charge in [0.2, 0.25) is 0 Å². The summed E-state index contributed by atoms with van der Waals surface area (Å²) in [4.78, 5) is 13.8. The number of morpholine rings is 1. The van der Waals surface area contributed by atoms with Crippen molar-refractivity contribution in [1.29, 1.82) is 0 Å². The Morgan fingerprint density at radius 2 is 2.14 bits per heavy atom. The van der Waals surface area contributed by atoms with Crippen molar-refractivity contribution in [3.05, 3.63) is 42.4 Å². The fourth-order valence-corrected chi connectivity index (χ4v) is 3.79. The first-order valence-corrected chi connectivity index (χ1v) is 9.56. The average molecular weight is 497 g/mol. The van der Waals surface area contributed by atoms with Crippen LogP contribution in [0.3, 0.4) is 0 Å². The Morgan fingerprint density at radius 1 is 1.29 bits per heavy atom. The molecule has 2 saturated heterocycles. The molecular weight excluding hydrogens is 469 g/mol. The van der Waals surface area contributed by atoms with Crippen molar-refractivity contribution >= 4 is 29.9 Å². The number of nitrogens with zero attached hydrogens (tertiary/aromatic N) is 6. The largest absolute Gasteiger partial charge is 0.379 e. The molecule has 1 unspecified atom stereocenters. The second-order valence-electron chi connectivity index (χ2n) is 6.91. The summed E-state index contributed by atoms with van der Waals surface area (Å²) in [5.74, 6) is 1.78. The molecule has 9 heteroatoms. The Morgan fingerprint density at radius 3 is 2.89 bits per heavy atom. The van der Waals surface area contributed by atoms with E-state index in [0.29, 0.717) is 12.6 Å². The fraction of sp³-hybridized carbons (Fsp3) is 0.526. The second kappa shape index (κ2) is 10.2. The minimum absolute atomic E-state index is 0. The van der Waals surface area contributed by atoms with Gasteiger partial charge in [0.15, 0.2) is 11.8 Å². The molecule has 2 aromatic heterocycles. The zero-order valence-electron chi connectivity index (χ0n) is 16.2. The van der Waals surface area contributed by atoms with E-state index in [-0.39, 0.29) is 24.0 Å². The Bertz CT molecular complexity index is 761. The summed E-state index contributed by atoms with van der Waals surface area (Å²) < 4.78 is 7.25. The van der Waals surface area contributed by atoms with Crippen molar-refractivity contribution in [2.45, 2.75) is 19.0 Å². The van der Waals surface area contributed by atoms with Crippen LogP contribution < -0.4 is 5.32 Å². The standard InChI is InChI=1S/C19H27N7O.HI/c1-20-19(25-8-4-17(15-25)24-9-11-27-12-10-24)22-14-16-3-6-21-18(13-16)26-7-2-5-23-26;/h2-3,5-7,13,17H,4,8-12,14-15H2,1H3,(H,20,22);1H. The van der Waals surface area contributed by atoms with Gasteiger partial charge in [0, 0.05) is 64.4 Å². The van der Waals surface area contributed by atoms with Gasteiger partial charge < -0.3 is 15.0 Å². The molecule has 1 N–H and O–H groups in total. The SMILES string of the molecule is CN=C(NCc1ccnc(-n2cccn2)c1)N1CCC(N2CCOCC2)C1.I. The monoisotopic (exact) mass is 497 g/mol. The molecule has 28 heavy (non-hydrogen) atoms. The van der Waals surface area contributed by atoms with Gasteiger partial charge in [0.05, 0.1) is 13.2 Å². The van der Waals surface area contributed by atoms with Gasteiger partial charge in [0.25, 0.3) is 0 Å². The third-order valence-corrected chi connectivity index (χ3v) is 5.24. The number of ether oxygens (including phenoxy) is 1. The number of rotatable bonds is 4. The lowest BCUT2D eigenvalue weighted by atomic mass is 10.2. The van der Waals surface area contributed by atoms with E-state index >= 15 is 0 Å². The van der Waals surface area contributed by atoms with Crippen LogP contribution >= 0.6 is 24.0 Å². The van der Waals surface area contributed by atoms with Crippen LogP contribution in [0, 0.1) is 0 Å². The molecule has 2 aliphatic rings. The number of aromatic nitrogens is 3.